The van der Waals surface area contributed by atoms with Crippen LogP contribution in [0, 0.1) is 11.8 Å². The monoisotopic (exact) mass is 304 g/mol. The molecular weight excluding hydrogens is 284 g/mol. The third kappa shape index (κ3) is 2.85. The Bertz CT molecular complexity index is 659. The molecule has 0 spiro atoms. The van der Waals surface area contributed by atoms with Gasteiger partial charge in [0.1, 0.15) is 9.71 Å². The molecule has 0 aromatic carbocycles. The van der Waals surface area contributed by atoms with Gasteiger partial charge in [-0.25, -0.2) is 0 Å². The molecule has 2 aromatic heterocycles. The molecule has 3 N–H and O–H groups in total. The fraction of sp³-hybridized carbons (Fsp3) is 0.533. The van der Waals surface area contributed by atoms with Gasteiger partial charge < -0.3 is 11.1 Å². The lowest BCUT2D eigenvalue weighted by Gasteiger charge is -2.31. The van der Waals surface area contributed by atoms with E-state index in [0.717, 1.165) is 18.2 Å². The zero-order chi connectivity index (χ0) is 15.0. The van der Waals surface area contributed by atoms with Crippen LogP contribution in [0.2, 0.25) is 0 Å². The molecule has 1 amide bonds. The van der Waals surface area contributed by atoms with Crippen LogP contribution >= 0.6 is 11.3 Å². The fourth-order valence-corrected chi connectivity index (χ4v) is 4.30. The van der Waals surface area contributed by atoms with E-state index in [4.69, 9.17) is 5.73 Å². The van der Waals surface area contributed by atoms with E-state index < -0.39 is 0 Å². The summed E-state index contributed by atoms with van der Waals surface area (Å²) in [6.45, 7) is 4.50. The standard InChI is InChI=1S/C15H20N4OS/c1-8-5-9(2)7-10(6-8)18-14(20)13-12(16)11-3-4-17-19-15(11)21-13/h3-4,8-10H,5-7,16H2,1-2H3,(H,18,20). The van der Waals surface area contributed by atoms with Crippen LogP contribution in [0.3, 0.4) is 0 Å². The van der Waals surface area contributed by atoms with E-state index in [0.29, 0.717) is 27.2 Å². The Balaban J connectivity index is 1.79. The molecule has 1 fully saturated rings. The number of aromatic nitrogens is 2. The van der Waals surface area contributed by atoms with E-state index in [1.165, 1.54) is 17.8 Å². The molecular formula is C15H20N4OS. The van der Waals surface area contributed by atoms with Crippen molar-refractivity contribution in [2.45, 2.75) is 39.2 Å². The molecule has 0 aliphatic heterocycles. The largest absolute Gasteiger partial charge is 0.397 e. The average Bonchev–Trinajstić information content (AvgIpc) is 2.76. The van der Waals surface area contributed by atoms with Gasteiger partial charge in [-0.05, 0) is 37.2 Å². The fourth-order valence-electron chi connectivity index (χ4n) is 3.36. The number of hydrogen-bond acceptors (Lipinski definition) is 5. The number of fused-ring (bicyclic) bond motifs is 1. The number of nitrogens with two attached hydrogens (primary N) is 1. The summed E-state index contributed by atoms with van der Waals surface area (Å²) in [5.74, 6) is 1.23. The quantitative estimate of drug-likeness (QED) is 0.894. The van der Waals surface area contributed by atoms with Gasteiger partial charge in [-0.15, -0.1) is 16.4 Å². The van der Waals surface area contributed by atoms with Crippen molar-refractivity contribution in [3.63, 3.8) is 0 Å². The van der Waals surface area contributed by atoms with Gasteiger partial charge in [0.05, 0.1) is 11.9 Å². The molecule has 2 atom stereocenters. The Labute approximate surface area is 127 Å². The molecule has 0 bridgehead atoms. The first-order chi connectivity index (χ1) is 10.0. The Morgan fingerprint density at radius 2 is 2.05 bits per heavy atom. The predicted octanol–water partition coefficient (Wildman–Crippen LogP) is 2.83. The van der Waals surface area contributed by atoms with Crippen LogP contribution in [0.1, 0.15) is 42.8 Å². The maximum atomic E-state index is 12.5. The van der Waals surface area contributed by atoms with Crippen molar-refractivity contribution in [1.29, 1.82) is 0 Å². The number of anilines is 1. The number of carbonyl (C=O) groups excluding carboxylic acids is 1. The summed E-state index contributed by atoms with van der Waals surface area (Å²) in [5.41, 5.74) is 6.59. The molecule has 3 rings (SSSR count). The van der Waals surface area contributed by atoms with E-state index in [1.807, 2.05) is 0 Å². The smallest absolute Gasteiger partial charge is 0.263 e. The molecule has 5 nitrogen and oxygen atoms in total. The summed E-state index contributed by atoms with van der Waals surface area (Å²) >= 11 is 1.31. The number of thiophene rings is 1. The van der Waals surface area contributed by atoms with Crippen LogP contribution in [-0.4, -0.2) is 22.1 Å². The highest BCUT2D eigenvalue weighted by atomic mass is 32.1. The Morgan fingerprint density at radius 1 is 1.33 bits per heavy atom. The van der Waals surface area contributed by atoms with Crippen molar-refractivity contribution in [3.8, 4) is 0 Å². The Hall–Kier alpha value is -1.69. The number of nitrogens with one attached hydrogen (secondary N) is 1. The van der Waals surface area contributed by atoms with E-state index in [9.17, 15) is 4.79 Å². The lowest BCUT2D eigenvalue weighted by molar-refractivity contribution is 0.0916. The van der Waals surface area contributed by atoms with Crippen LogP contribution in [0.25, 0.3) is 10.2 Å². The first-order valence-corrected chi connectivity index (χ1v) is 8.16. The maximum Gasteiger partial charge on any atom is 0.263 e. The number of nitrogen functional groups attached to an aromatic ring is 1. The molecule has 112 valence electrons. The highest BCUT2D eigenvalue weighted by Gasteiger charge is 2.26. The molecule has 2 heterocycles. The number of carbonyl (C=O) groups is 1. The van der Waals surface area contributed by atoms with Gasteiger partial charge >= 0.3 is 0 Å². The van der Waals surface area contributed by atoms with Crippen molar-refractivity contribution in [2.75, 3.05) is 5.73 Å². The minimum atomic E-state index is -0.0817. The zero-order valence-corrected chi connectivity index (χ0v) is 13.1. The molecule has 6 heteroatoms. The lowest BCUT2D eigenvalue weighted by atomic mass is 9.80. The van der Waals surface area contributed by atoms with Crippen molar-refractivity contribution >= 4 is 33.1 Å². The first kappa shape index (κ1) is 14.3. The second-order valence-corrected chi connectivity index (χ2v) is 7.18. The van der Waals surface area contributed by atoms with E-state index in [-0.39, 0.29) is 11.9 Å². The van der Waals surface area contributed by atoms with Crippen LogP contribution in [0.15, 0.2) is 12.3 Å². The predicted molar refractivity (Wildman–Crippen MR) is 85.3 cm³/mol. The lowest BCUT2D eigenvalue weighted by Crippen LogP contribution is -2.39. The molecule has 0 saturated heterocycles. The molecule has 1 aliphatic rings. The number of amides is 1. The number of nitrogens with zero attached hydrogens (tertiary/aromatic N) is 2. The summed E-state index contributed by atoms with van der Waals surface area (Å²) in [6, 6.07) is 2.04. The van der Waals surface area contributed by atoms with Crippen molar-refractivity contribution in [2.24, 2.45) is 11.8 Å². The topological polar surface area (TPSA) is 80.9 Å². The molecule has 1 saturated carbocycles. The van der Waals surface area contributed by atoms with E-state index in [2.05, 4.69) is 29.4 Å². The second-order valence-electron chi connectivity index (χ2n) is 6.18. The van der Waals surface area contributed by atoms with Crippen LogP contribution < -0.4 is 11.1 Å². The average molecular weight is 304 g/mol. The molecule has 1 aliphatic carbocycles. The Morgan fingerprint density at radius 3 is 2.71 bits per heavy atom. The van der Waals surface area contributed by atoms with Gasteiger partial charge in [-0.3, -0.25) is 4.79 Å². The summed E-state index contributed by atoms with van der Waals surface area (Å²) in [7, 11) is 0. The van der Waals surface area contributed by atoms with Gasteiger partial charge in [0.15, 0.2) is 0 Å². The van der Waals surface area contributed by atoms with Gasteiger partial charge in [-0.1, -0.05) is 13.8 Å². The second kappa shape index (κ2) is 5.60. The van der Waals surface area contributed by atoms with Gasteiger partial charge in [-0.2, -0.15) is 5.10 Å². The first-order valence-electron chi connectivity index (χ1n) is 7.35. The van der Waals surface area contributed by atoms with E-state index >= 15 is 0 Å². The van der Waals surface area contributed by atoms with Crippen LogP contribution in [-0.2, 0) is 0 Å². The van der Waals surface area contributed by atoms with Crippen LogP contribution in [0.4, 0.5) is 5.69 Å². The summed E-state index contributed by atoms with van der Waals surface area (Å²) in [4.78, 5) is 13.8. The molecule has 21 heavy (non-hydrogen) atoms. The highest BCUT2D eigenvalue weighted by molar-refractivity contribution is 7.21. The zero-order valence-electron chi connectivity index (χ0n) is 12.3. The SMILES string of the molecule is CC1CC(C)CC(NC(=O)c2sc3nnccc3c2N)C1. The Kier molecular flexibility index (Phi) is 3.80. The minimum absolute atomic E-state index is 0.0817. The molecule has 2 aromatic rings. The third-order valence-corrected chi connectivity index (χ3v) is 5.24. The minimum Gasteiger partial charge on any atom is -0.397 e. The number of rotatable bonds is 2. The number of hydrogen-bond donors (Lipinski definition) is 2. The van der Waals surface area contributed by atoms with Crippen molar-refractivity contribution in [1.82, 2.24) is 15.5 Å². The van der Waals surface area contributed by atoms with Crippen LogP contribution in [0.5, 0.6) is 0 Å². The van der Waals surface area contributed by atoms with Gasteiger partial charge in [0.2, 0.25) is 0 Å². The molecule has 0 radical (unpaired) electrons. The van der Waals surface area contributed by atoms with Gasteiger partial charge in [0, 0.05) is 11.4 Å². The third-order valence-electron chi connectivity index (χ3n) is 4.14. The van der Waals surface area contributed by atoms with Crippen molar-refractivity contribution < 1.29 is 4.79 Å². The summed E-state index contributed by atoms with van der Waals surface area (Å²) < 4.78 is 0. The van der Waals surface area contributed by atoms with Crippen molar-refractivity contribution in [3.05, 3.63) is 17.1 Å². The summed E-state index contributed by atoms with van der Waals surface area (Å²) in [6.07, 6.45) is 4.92. The summed E-state index contributed by atoms with van der Waals surface area (Å²) in [5, 5.41) is 11.8. The van der Waals surface area contributed by atoms with E-state index in [1.54, 1.807) is 12.3 Å². The molecule has 2 unspecified atom stereocenters. The highest BCUT2D eigenvalue weighted by Crippen LogP contribution is 2.33. The maximum absolute atomic E-state index is 12.5. The van der Waals surface area contributed by atoms with Gasteiger partial charge in [0.25, 0.3) is 5.91 Å². The normalized spacial score (nSPS) is 25.9.